The standard InChI is InChI=1S/C15H23FN2O2/c1-4-18(5-2)10-14(19)17-11-15(3,20)12-6-8-13(16)9-7-12/h6-9,20H,4-5,10-11H2,1-3H3,(H,17,19). The predicted molar refractivity (Wildman–Crippen MR) is 76.8 cm³/mol. The highest BCUT2D eigenvalue weighted by molar-refractivity contribution is 5.78. The number of hydrogen-bond acceptors (Lipinski definition) is 3. The number of rotatable bonds is 7. The first-order valence-corrected chi connectivity index (χ1v) is 6.86. The Hall–Kier alpha value is -1.46. The van der Waals surface area contributed by atoms with Crippen LogP contribution in [-0.2, 0) is 10.4 Å². The highest BCUT2D eigenvalue weighted by Crippen LogP contribution is 2.19. The van der Waals surface area contributed by atoms with Crippen LogP contribution in [0.3, 0.4) is 0 Å². The maximum atomic E-state index is 12.9. The van der Waals surface area contributed by atoms with E-state index in [0.29, 0.717) is 12.1 Å². The molecule has 0 saturated carbocycles. The van der Waals surface area contributed by atoms with Crippen molar-refractivity contribution in [3.63, 3.8) is 0 Å². The van der Waals surface area contributed by atoms with Crippen molar-refractivity contribution in [3.8, 4) is 0 Å². The maximum absolute atomic E-state index is 12.9. The van der Waals surface area contributed by atoms with Crippen LogP contribution in [0.1, 0.15) is 26.3 Å². The molecule has 0 aliphatic rings. The van der Waals surface area contributed by atoms with Gasteiger partial charge in [-0.1, -0.05) is 26.0 Å². The summed E-state index contributed by atoms with van der Waals surface area (Å²) < 4.78 is 12.9. The van der Waals surface area contributed by atoms with Crippen molar-refractivity contribution in [3.05, 3.63) is 35.6 Å². The summed E-state index contributed by atoms with van der Waals surface area (Å²) in [4.78, 5) is 13.8. The second-order valence-electron chi connectivity index (χ2n) is 5.02. The van der Waals surface area contributed by atoms with Crippen molar-refractivity contribution < 1.29 is 14.3 Å². The van der Waals surface area contributed by atoms with E-state index in [2.05, 4.69) is 5.32 Å². The quantitative estimate of drug-likeness (QED) is 0.796. The average molecular weight is 282 g/mol. The minimum absolute atomic E-state index is 0.0960. The van der Waals surface area contributed by atoms with E-state index in [1.165, 1.54) is 24.3 Å². The molecular formula is C15H23FN2O2. The summed E-state index contributed by atoms with van der Waals surface area (Å²) in [7, 11) is 0. The second kappa shape index (κ2) is 7.36. The van der Waals surface area contributed by atoms with Gasteiger partial charge in [-0.2, -0.15) is 0 Å². The molecule has 1 rings (SSSR count). The van der Waals surface area contributed by atoms with Crippen molar-refractivity contribution in [1.82, 2.24) is 10.2 Å². The van der Waals surface area contributed by atoms with E-state index in [9.17, 15) is 14.3 Å². The van der Waals surface area contributed by atoms with E-state index in [4.69, 9.17) is 0 Å². The molecule has 1 amide bonds. The summed E-state index contributed by atoms with van der Waals surface area (Å²) >= 11 is 0. The lowest BCUT2D eigenvalue weighted by Gasteiger charge is -2.25. The number of carbonyl (C=O) groups excluding carboxylic acids is 1. The van der Waals surface area contributed by atoms with E-state index in [0.717, 1.165) is 13.1 Å². The second-order valence-corrected chi connectivity index (χ2v) is 5.02. The summed E-state index contributed by atoms with van der Waals surface area (Å²) in [5.41, 5.74) is -0.644. The fourth-order valence-electron chi connectivity index (χ4n) is 1.89. The fourth-order valence-corrected chi connectivity index (χ4v) is 1.89. The molecule has 1 atom stereocenters. The smallest absolute Gasteiger partial charge is 0.234 e. The lowest BCUT2D eigenvalue weighted by Crippen LogP contribution is -2.43. The van der Waals surface area contributed by atoms with Crippen LogP contribution in [-0.4, -0.2) is 42.1 Å². The highest BCUT2D eigenvalue weighted by atomic mass is 19.1. The molecule has 0 aliphatic heterocycles. The average Bonchev–Trinajstić information content (AvgIpc) is 2.43. The van der Waals surface area contributed by atoms with E-state index >= 15 is 0 Å². The Bertz CT molecular complexity index is 428. The van der Waals surface area contributed by atoms with Crippen LogP contribution in [0.15, 0.2) is 24.3 Å². The number of nitrogens with one attached hydrogen (secondary N) is 1. The Morgan fingerprint density at radius 1 is 1.30 bits per heavy atom. The molecule has 0 saturated heterocycles. The van der Waals surface area contributed by atoms with Crippen molar-refractivity contribution in [2.75, 3.05) is 26.2 Å². The third kappa shape index (κ3) is 4.90. The lowest BCUT2D eigenvalue weighted by atomic mass is 9.96. The molecule has 0 bridgehead atoms. The molecular weight excluding hydrogens is 259 g/mol. The van der Waals surface area contributed by atoms with Crippen LogP contribution < -0.4 is 5.32 Å². The molecule has 0 radical (unpaired) electrons. The number of likely N-dealkylation sites (N-methyl/N-ethyl adjacent to an activating group) is 1. The molecule has 4 nitrogen and oxygen atoms in total. The number of benzene rings is 1. The number of aliphatic hydroxyl groups is 1. The molecule has 0 aromatic heterocycles. The number of hydrogen-bond donors (Lipinski definition) is 2. The van der Waals surface area contributed by atoms with Crippen LogP contribution in [0.25, 0.3) is 0 Å². The van der Waals surface area contributed by atoms with Gasteiger partial charge in [0.2, 0.25) is 5.91 Å². The van der Waals surface area contributed by atoms with Crippen LogP contribution >= 0.6 is 0 Å². The maximum Gasteiger partial charge on any atom is 0.234 e. The van der Waals surface area contributed by atoms with Crippen LogP contribution in [0.2, 0.25) is 0 Å². The van der Waals surface area contributed by atoms with Crippen molar-refractivity contribution in [2.24, 2.45) is 0 Å². The third-order valence-corrected chi connectivity index (χ3v) is 3.36. The first-order chi connectivity index (χ1) is 9.39. The normalized spacial score (nSPS) is 14.1. The Morgan fingerprint density at radius 3 is 2.35 bits per heavy atom. The molecule has 1 aromatic carbocycles. The number of nitrogens with zero attached hydrogens (tertiary/aromatic N) is 1. The third-order valence-electron chi connectivity index (χ3n) is 3.36. The molecule has 1 unspecified atom stereocenters. The molecule has 0 spiro atoms. The molecule has 0 heterocycles. The molecule has 5 heteroatoms. The Balaban J connectivity index is 2.54. The number of carbonyl (C=O) groups is 1. The Kier molecular flexibility index (Phi) is 6.10. The minimum Gasteiger partial charge on any atom is -0.384 e. The Labute approximate surface area is 119 Å². The SMILES string of the molecule is CCN(CC)CC(=O)NCC(C)(O)c1ccc(F)cc1. The van der Waals surface area contributed by atoms with Gasteiger partial charge in [0.05, 0.1) is 13.1 Å². The first kappa shape index (κ1) is 16.6. The van der Waals surface area contributed by atoms with Crippen LogP contribution in [0, 0.1) is 5.82 Å². The summed E-state index contributed by atoms with van der Waals surface area (Å²) in [6.45, 7) is 7.59. The number of amides is 1. The van der Waals surface area contributed by atoms with Crippen molar-refractivity contribution >= 4 is 5.91 Å². The van der Waals surface area contributed by atoms with Gasteiger partial charge in [0.1, 0.15) is 11.4 Å². The highest BCUT2D eigenvalue weighted by Gasteiger charge is 2.24. The zero-order valence-electron chi connectivity index (χ0n) is 12.3. The van der Waals surface area contributed by atoms with Gasteiger partial charge >= 0.3 is 0 Å². The zero-order valence-corrected chi connectivity index (χ0v) is 12.3. The molecule has 1 aromatic rings. The van der Waals surface area contributed by atoms with E-state index in [1.807, 2.05) is 18.7 Å². The van der Waals surface area contributed by atoms with Gasteiger partial charge in [0, 0.05) is 0 Å². The van der Waals surface area contributed by atoms with Gasteiger partial charge in [0.25, 0.3) is 0 Å². The number of halogens is 1. The molecule has 0 aliphatic carbocycles. The zero-order chi connectivity index (χ0) is 15.2. The van der Waals surface area contributed by atoms with Gasteiger partial charge < -0.3 is 10.4 Å². The van der Waals surface area contributed by atoms with Gasteiger partial charge in [-0.25, -0.2) is 4.39 Å². The van der Waals surface area contributed by atoms with Crippen molar-refractivity contribution in [1.29, 1.82) is 0 Å². The minimum atomic E-state index is -1.22. The summed E-state index contributed by atoms with van der Waals surface area (Å²) in [6, 6.07) is 5.63. The van der Waals surface area contributed by atoms with E-state index in [-0.39, 0.29) is 18.3 Å². The molecule has 0 fully saturated rings. The first-order valence-electron chi connectivity index (χ1n) is 6.86. The van der Waals surface area contributed by atoms with Gasteiger partial charge in [0.15, 0.2) is 0 Å². The van der Waals surface area contributed by atoms with Gasteiger partial charge in [-0.3, -0.25) is 9.69 Å². The molecule has 20 heavy (non-hydrogen) atoms. The van der Waals surface area contributed by atoms with Crippen molar-refractivity contribution in [2.45, 2.75) is 26.4 Å². The summed E-state index contributed by atoms with van der Waals surface area (Å²) in [5, 5.41) is 13.0. The monoisotopic (exact) mass is 282 g/mol. The molecule has 112 valence electrons. The topological polar surface area (TPSA) is 52.6 Å². The Morgan fingerprint density at radius 2 is 1.85 bits per heavy atom. The molecule has 2 N–H and O–H groups in total. The summed E-state index contributed by atoms with van der Waals surface area (Å²) in [5.74, 6) is -0.480. The largest absolute Gasteiger partial charge is 0.384 e. The summed E-state index contributed by atoms with van der Waals surface area (Å²) in [6.07, 6.45) is 0. The lowest BCUT2D eigenvalue weighted by molar-refractivity contribution is -0.123. The predicted octanol–water partition coefficient (Wildman–Crippen LogP) is 1.49. The van der Waals surface area contributed by atoms with Crippen LogP contribution in [0.5, 0.6) is 0 Å². The van der Waals surface area contributed by atoms with E-state index in [1.54, 1.807) is 6.92 Å². The van der Waals surface area contributed by atoms with Gasteiger partial charge in [-0.05, 0) is 37.7 Å². The van der Waals surface area contributed by atoms with Crippen LogP contribution in [0.4, 0.5) is 4.39 Å². The van der Waals surface area contributed by atoms with E-state index < -0.39 is 5.60 Å². The fraction of sp³-hybridized carbons (Fsp3) is 0.533. The van der Waals surface area contributed by atoms with Gasteiger partial charge in [-0.15, -0.1) is 0 Å².